The van der Waals surface area contributed by atoms with Crippen LogP contribution in [0.2, 0.25) is 0 Å². The number of ketones is 1. The molecular weight excluding hydrogens is 514 g/mol. The van der Waals surface area contributed by atoms with E-state index in [1.807, 2.05) is 0 Å². The first kappa shape index (κ1) is 30.5. The summed E-state index contributed by atoms with van der Waals surface area (Å²) in [6, 6.07) is 13.1. The minimum Gasteiger partial charge on any atom is -0.494 e. The molecule has 214 valence electrons. The lowest BCUT2D eigenvalue weighted by atomic mass is 9.86. The maximum atomic E-state index is 13.3. The van der Waals surface area contributed by atoms with Crippen molar-refractivity contribution in [2.45, 2.75) is 66.1 Å². The van der Waals surface area contributed by atoms with Crippen LogP contribution in [-0.4, -0.2) is 58.8 Å². The van der Waals surface area contributed by atoms with Crippen LogP contribution in [0.5, 0.6) is 5.75 Å². The smallest absolute Gasteiger partial charge is 0.321 e. The number of esters is 2. The molecule has 1 aliphatic heterocycles. The zero-order valence-electron chi connectivity index (χ0n) is 24.1. The van der Waals surface area contributed by atoms with Gasteiger partial charge < -0.3 is 14.2 Å². The maximum absolute atomic E-state index is 13.3. The summed E-state index contributed by atoms with van der Waals surface area (Å²) in [4.78, 5) is 65.3. The second-order valence-corrected chi connectivity index (χ2v) is 11.7. The van der Waals surface area contributed by atoms with Crippen LogP contribution in [0.25, 0.3) is 0 Å². The molecule has 1 atom stereocenters. The standard InChI is InChI=1S/C31H37NO8/c1-19(24(28(36)39-30(2,3)4)29(37)40-31(5,6)7)25(33)20-13-15-21(16-14-20)38-18-10-17-32-26(34)22-11-8-9-12-23(22)27(32)35/h8-9,11-16,19,24H,10,17-18H2,1-7H3. The highest BCUT2D eigenvalue weighted by Crippen LogP contribution is 2.26. The SMILES string of the molecule is CC(C(=O)c1ccc(OCCCN2C(=O)c3ccccc3C2=O)cc1)C(C(=O)OC(C)(C)C)C(=O)OC(C)(C)C. The van der Waals surface area contributed by atoms with Gasteiger partial charge in [0, 0.05) is 18.0 Å². The van der Waals surface area contributed by atoms with Crippen molar-refractivity contribution in [3.05, 3.63) is 65.2 Å². The summed E-state index contributed by atoms with van der Waals surface area (Å²) in [5, 5.41) is 0. The monoisotopic (exact) mass is 551 g/mol. The van der Waals surface area contributed by atoms with Crippen molar-refractivity contribution in [3.63, 3.8) is 0 Å². The van der Waals surface area contributed by atoms with Gasteiger partial charge in [0.05, 0.1) is 17.7 Å². The van der Waals surface area contributed by atoms with E-state index < -0.39 is 40.8 Å². The Kier molecular flexibility index (Phi) is 9.18. The topological polar surface area (TPSA) is 116 Å². The van der Waals surface area contributed by atoms with Crippen LogP contribution >= 0.6 is 0 Å². The Morgan fingerprint density at radius 1 is 0.775 bits per heavy atom. The molecule has 0 saturated heterocycles. The van der Waals surface area contributed by atoms with Crippen LogP contribution in [0.1, 0.15) is 86.0 Å². The molecule has 0 aliphatic carbocycles. The molecule has 2 aromatic rings. The molecule has 3 rings (SSSR count). The molecule has 0 spiro atoms. The van der Waals surface area contributed by atoms with E-state index in [9.17, 15) is 24.0 Å². The van der Waals surface area contributed by atoms with Gasteiger partial charge in [-0.2, -0.15) is 0 Å². The van der Waals surface area contributed by atoms with Gasteiger partial charge in [-0.15, -0.1) is 0 Å². The third-order valence-electron chi connectivity index (χ3n) is 6.05. The fourth-order valence-corrected chi connectivity index (χ4v) is 4.22. The molecule has 0 radical (unpaired) electrons. The number of Topliss-reactive ketones (excluding diaryl/α,β-unsaturated/α-hetero) is 1. The van der Waals surface area contributed by atoms with Crippen molar-refractivity contribution < 1.29 is 38.2 Å². The molecule has 1 heterocycles. The van der Waals surface area contributed by atoms with Gasteiger partial charge in [-0.3, -0.25) is 28.9 Å². The lowest BCUT2D eigenvalue weighted by Gasteiger charge is -2.28. The molecular formula is C31H37NO8. The van der Waals surface area contributed by atoms with E-state index in [4.69, 9.17) is 14.2 Å². The van der Waals surface area contributed by atoms with Gasteiger partial charge in [0.15, 0.2) is 11.7 Å². The summed E-state index contributed by atoms with van der Waals surface area (Å²) in [5.41, 5.74) is -0.591. The van der Waals surface area contributed by atoms with E-state index in [2.05, 4.69) is 0 Å². The van der Waals surface area contributed by atoms with E-state index in [0.717, 1.165) is 0 Å². The van der Waals surface area contributed by atoms with E-state index in [1.54, 1.807) is 90.1 Å². The number of fused-ring (bicyclic) bond motifs is 1. The molecule has 0 bridgehead atoms. The summed E-state index contributed by atoms with van der Waals surface area (Å²) in [6.07, 6.45) is 0.427. The Hall–Kier alpha value is -4.01. The maximum Gasteiger partial charge on any atom is 0.321 e. The number of benzene rings is 2. The second kappa shape index (κ2) is 12.0. The van der Waals surface area contributed by atoms with Crippen molar-refractivity contribution in [1.29, 1.82) is 0 Å². The highest BCUT2D eigenvalue weighted by Gasteiger charge is 2.42. The van der Waals surface area contributed by atoms with Gasteiger partial charge in [-0.05, 0) is 84.4 Å². The lowest BCUT2D eigenvalue weighted by molar-refractivity contribution is -0.176. The van der Waals surface area contributed by atoms with E-state index in [1.165, 1.54) is 11.8 Å². The van der Waals surface area contributed by atoms with Crippen molar-refractivity contribution >= 4 is 29.5 Å². The van der Waals surface area contributed by atoms with Gasteiger partial charge in [0.25, 0.3) is 11.8 Å². The molecule has 0 saturated carbocycles. The van der Waals surface area contributed by atoms with Crippen LogP contribution in [0, 0.1) is 11.8 Å². The molecule has 2 amide bonds. The number of ether oxygens (including phenoxy) is 3. The second-order valence-electron chi connectivity index (χ2n) is 11.7. The third-order valence-corrected chi connectivity index (χ3v) is 6.05. The summed E-state index contributed by atoms with van der Waals surface area (Å²) in [5.74, 6) is -4.65. The van der Waals surface area contributed by atoms with E-state index >= 15 is 0 Å². The number of carbonyl (C=O) groups excluding carboxylic acids is 5. The molecule has 0 fully saturated rings. The fourth-order valence-electron chi connectivity index (χ4n) is 4.22. The number of nitrogens with zero attached hydrogens (tertiary/aromatic N) is 1. The molecule has 2 aromatic carbocycles. The van der Waals surface area contributed by atoms with Crippen molar-refractivity contribution in [3.8, 4) is 5.75 Å². The van der Waals surface area contributed by atoms with Gasteiger partial charge in [0.1, 0.15) is 17.0 Å². The summed E-state index contributed by atoms with van der Waals surface area (Å²) < 4.78 is 16.6. The first-order chi connectivity index (χ1) is 18.6. The molecule has 40 heavy (non-hydrogen) atoms. The van der Waals surface area contributed by atoms with Gasteiger partial charge in [-0.1, -0.05) is 19.1 Å². The van der Waals surface area contributed by atoms with Crippen molar-refractivity contribution in [2.24, 2.45) is 11.8 Å². The predicted octanol–water partition coefficient (Wildman–Crippen LogP) is 4.87. The molecule has 1 aliphatic rings. The molecule has 9 heteroatoms. The summed E-state index contributed by atoms with van der Waals surface area (Å²) in [7, 11) is 0. The largest absolute Gasteiger partial charge is 0.494 e. The Morgan fingerprint density at radius 2 is 1.25 bits per heavy atom. The molecule has 0 N–H and O–H groups in total. The average Bonchev–Trinajstić information content (AvgIpc) is 3.09. The van der Waals surface area contributed by atoms with E-state index in [0.29, 0.717) is 28.9 Å². The molecule has 1 unspecified atom stereocenters. The summed E-state index contributed by atoms with van der Waals surface area (Å²) in [6.45, 7) is 12.1. The third kappa shape index (κ3) is 7.55. The zero-order chi connectivity index (χ0) is 29.8. The highest BCUT2D eigenvalue weighted by molar-refractivity contribution is 6.21. The van der Waals surface area contributed by atoms with Gasteiger partial charge in [0.2, 0.25) is 0 Å². The normalized spacial score (nSPS) is 14.2. The van der Waals surface area contributed by atoms with E-state index in [-0.39, 0.29) is 25.0 Å². The van der Waals surface area contributed by atoms with Crippen LogP contribution in [0.15, 0.2) is 48.5 Å². The summed E-state index contributed by atoms with van der Waals surface area (Å²) >= 11 is 0. The minimum atomic E-state index is -1.43. The first-order valence-electron chi connectivity index (χ1n) is 13.3. The van der Waals surface area contributed by atoms with Crippen molar-refractivity contribution in [2.75, 3.05) is 13.2 Å². The number of amides is 2. The average molecular weight is 552 g/mol. The fraction of sp³-hybridized carbons (Fsp3) is 0.452. The minimum absolute atomic E-state index is 0.219. The molecule has 9 nitrogen and oxygen atoms in total. The van der Waals surface area contributed by atoms with Crippen LogP contribution in [0.3, 0.4) is 0 Å². The quantitative estimate of drug-likeness (QED) is 0.135. The van der Waals surface area contributed by atoms with Crippen LogP contribution < -0.4 is 4.74 Å². The van der Waals surface area contributed by atoms with Gasteiger partial charge >= 0.3 is 11.9 Å². The number of hydrogen-bond acceptors (Lipinski definition) is 8. The predicted molar refractivity (Wildman–Crippen MR) is 147 cm³/mol. The number of hydrogen-bond donors (Lipinski definition) is 0. The zero-order valence-corrected chi connectivity index (χ0v) is 24.1. The Balaban J connectivity index is 1.60. The van der Waals surface area contributed by atoms with Crippen LogP contribution in [0.4, 0.5) is 0 Å². The van der Waals surface area contributed by atoms with Gasteiger partial charge in [-0.25, -0.2) is 0 Å². The number of imide groups is 1. The Morgan fingerprint density at radius 3 is 1.70 bits per heavy atom. The lowest BCUT2D eigenvalue weighted by Crippen LogP contribution is -2.42. The first-order valence-corrected chi connectivity index (χ1v) is 13.3. The Bertz CT molecular complexity index is 1220. The van der Waals surface area contributed by atoms with Crippen LogP contribution in [-0.2, 0) is 19.1 Å². The highest BCUT2D eigenvalue weighted by atomic mass is 16.6. The van der Waals surface area contributed by atoms with Crippen molar-refractivity contribution in [1.82, 2.24) is 4.90 Å². The number of carbonyl (C=O) groups is 5. The molecule has 0 aromatic heterocycles. The Labute approximate surface area is 234 Å². The number of rotatable bonds is 10.